The first kappa shape index (κ1) is 20.3. The van der Waals surface area contributed by atoms with Crippen LogP contribution >= 0.6 is 23.2 Å². The first-order valence-electron chi connectivity index (χ1n) is 7.78. The Labute approximate surface area is 163 Å². The fraction of sp³-hybridized carbons (Fsp3) is 0.167. The highest BCUT2D eigenvalue weighted by molar-refractivity contribution is 7.93. The molecule has 1 amide bonds. The van der Waals surface area contributed by atoms with Crippen molar-refractivity contribution in [1.29, 1.82) is 0 Å². The first-order chi connectivity index (χ1) is 12.3. The van der Waals surface area contributed by atoms with Gasteiger partial charge in [-0.3, -0.25) is 9.10 Å². The Bertz CT molecular complexity index is 916. The van der Waals surface area contributed by atoms with Crippen molar-refractivity contribution in [2.75, 3.05) is 17.4 Å². The second kappa shape index (κ2) is 8.58. The molecule has 0 atom stereocenters. The van der Waals surface area contributed by atoms with E-state index in [2.05, 4.69) is 11.9 Å². The summed E-state index contributed by atoms with van der Waals surface area (Å²) in [6, 6.07) is 11.1. The maximum atomic E-state index is 13.1. The summed E-state index contributed by atoms with van der Waals surface area (Å²) in [5.74, 6) is -0.509. The molecule has 0 aliphatic heterocycles. The minimum atomic E-state index is -3.99. The zero-order valence-electron chi connectivity index (χ0n) is 14.1. The number of para-hydroxylation sites is 1. The number of nitrogens with zero attached hydrogens (tertiary/aromatic N) is 1. The maximum Gasteiger partial charge on any atom is 0.265 e. The van der Waals surface area contributed by atoms with Crippen LogP contribution in [0.5, 0.6) is 0 Å². The molecule has 0 saturated carbocycles. The summed E-state index contributed by atoms with van der Waals surface area (Å²) in [7, 11) is -3.99. The number of sulfonamides is 1. The molecule has 0 heterocycles. The van der Waals surface area contributed by atoms with Gasteiger partial charge in [-0.05, 0) is 31.2 Å². The molecule has 0 aliphatic rings. The van der Waals surface area contributed by atoms with Crippen LogP contribution in [0.4, 0.5) is 5.69 Å². The summed E-state index contributed by atoms with van der Waals surface area (Å²) >= 11 is 12.2. The van der Waals surface area contributed by atoms with Crippen molar-refractivity contribution in [3.8, 4) is 0 Å². The summed E-state index contributed by atoms with van der Waals surface area (Å²) < 4.78 is 27.5. The van der Waals surface area contributed by atoms with E-state index in [0.717, 1.165) is 0 Å². The fourth-order valence-corrected chi connectivity index (χ4v) is 4.68. The Morgan fingerprint density at radius 1 is 1.19 bits per heavy atom. The standard InChI is InChI=1S/C18H18Cl2N2O3S/c1-3-10-21-18(23)14-11-17(16(20)12-15(14)19)26(24,25)22(4-2)13-8-6-5-7-9-13/h3,5-9,11-12H,1,4,10H2,2H3,(H,21,23). The number of halogens is 2. The molecule has 2 aromatic carbocycles. The lowest BCUT2D eigenvalue weighted by molar-refractivity contribution is 0.0958. The predicted molar refractivity (Wildman–Crippen MR) is 106 cm³/mol. The zero-order chi connectivity index (χ0) is 19.3. The molecule has 2 rings (SSSR count). The van der Waals surface area contributed by atoms with Gasteiger partial charge in [0.25, 0.3) is 15.9 Å². The molecule has 1 N–H and O–H groups in total. The molecular formula is C18H18Cl2N2O3S. The number of hydrogen-bond acceptors (Lipinski definition) is 3. The molecule has 0 saturated heterocycles. The van der Waals surface area contributed by atoms with E-state index in [4.69, 9.17) is 23.2 Å². The Morgan fingerprint density at radius 2 is 1.85 bits per heavy atom. The highest BCUT2D eigenvalue weighted by Gasteiger charge is 2.28. The average molecular weight is 413 g/mol. The number of benzene rings is 2. The Hall–Kier alpha value is -2.02. The fourth-order valence-electron chi connectivity index (χ4n) is 2.37. The minimum absolute atomic E-state index is 0.0283. The van der Waals surface area contributed by atoms with Crippen LogP contribution in [0.3, 0.4) is 0 Å². The number of rotatable bonds is 7. The van der Waals surface area contributed by atoms with Gasteiger partial charge in [-0.2, -0.15) is 0 Å². The van der Waals surface area contributed by atoms with Crippen molar-refractivity contribution in [3.63, 3.8) is 0 Å². The highest BCUT2D eigenvalue weighted by Crippen LogP contribution is 2.32. The number of hydrogen-bond donors (Lipinski definition) is 1. The van der Waals surface area contributed by atoms with E-state index in [1.165, 1.54) is 22.5 Å². The number of amides is 1. The van der Waals surface area contributed by atoms with Gasteiger partial charge in [0.05, 0.1) is 21.3 Å². The third kappa shape index (κ3) is 4.20. The van der Waals surface area contributed by atoms with Crippen LogP contribution in [0.1, 0.15) is 17.3 Å². The van der Waals surface area contributed by atoms with E-state index in [1.54, 1.807) is 37.3 Å². The van der Waals surface area contributed by atoms with E-state index in [0.29, 0.717) is 5.69 Å². The zero-order valence-corrected chi connectivity index (χ0v) is 16.4. The van der Waals surface area contributed by atoms with Crippen LogP contribution < -0.4 is 9.62 Å². The van der Waals surface area contributed by atoms with Crippen LogP contribution in [-0.2, 0) is 10.0 Å². The Morgan fingerprint density at radius 3 is 2.42 bits per heavy atom. The summed E-state index contributed by atoms with van der Waals surface area (Å²) in [4.78, 5) is 12.0. The quantitative estimate of drug-likeness (QED) is 0.695. The molecule has 8 heteroatoms. The van der Waals surface area contributed by atoms with Gasteiger partial charge in [0, 0.05) is 13.1 Å². The number of anilines is 1. The summed E-state index contributed by atoms with van der Waals surface area (Å²) in [6.45, 7) is 5.66. The topological polar surface area (TPSA) is 66.5 Å². The highest BCUT2D eigenvalue weighted by atomic mass is 35.5. The van der Waals surface area contributed by atoms with Gasteiger partial charge in [0.1, 0.15) is 4.90 Å². The second-order valence-electron chi connectivity index (χ2n) is 5.27. The van der Waals surface area contributed by atoms with E-state index in [-0.39, 0.29) is 33.6 Å². The monoisotopic (exact) mass is 412 g/mol. The van der Waals surface area contributed by atoms with Gasteiger partial charge >= 0.3 is 0 Å². The van der Waals surface area contributed by atoms with Crippen LogP contribution in [0.2, 0.25) is 10.0 Å². The molecule has 0 aliphatic carbocycles. The van der Waals surface area contributed by atoms with Gasteiger partial charge < -0.3 is 5.32 Å². The lowest BCUT2D eigenvalue weighted by Gasteiger charge is -2.24. The van der Waals surface area contributed by atoms with Crippen LogP contribution in [0.15, 0.2) is 60.0 Å². The Kier molecular flexibility index (Phi) is 6.69. The molecule has 0 unspecified atom stereocenters. The molecule has 0 radical (unpaired) electrons. The molecule has 138 valence electrons. The molecule has 2 aromatic rings. The van der Waals surface area contributed by atoms with Crippen molar-refractivity contribution < 1.29 is 13.2 Å². The van der Waals surface area contributed by atoms with Crippen LogP contribution in [0.25, 0.3) is 0 Å². The third-order valence-corrected chi connectivity index (χ3v) is 6.25. The largest absolute Gasteiger partial charge is 0.349 e. The third-order valence-electron chi connectivity index (χ3n) is 3.57. The SMILES string of the molecule is C=CCNC(=O)c1cc(S(=O)(=O)N(CC)c2ccccc2)c(Cl)cc1Cl. The van der Waals surface area contributed by atoms with Crippen LogP contribution in [0, 0.1) is 0 Å². The Balaban J connectivity index is 2.55. The van der Waals surface area contributed by atoms with Gasteiger partial charge in [-0.15, -0.1) is 6.58 Å². The summed E-state index contributed by atoms with van der Waals surface area (Å²) in [6.07, 6.45) is 1.51. The van der Waals surface area contributed by atoms with Crippen molar-refractivity contribution in [2.45, 2.75) is 11.8 Å². The molecule has 26 heavy (non-hydrogen) atoms. The van der Waals surface area contributed by atoms with Gasteiger partial charge in [-0.1, -0.05) is 47.5 Å². The van der Waals surface area contributed by atoms with Crippen molar-refractivity contribution >= 4 is 44.8 Å². The van der Waals surface area contributed by atoms with Crippen molar-refractivity contribution in [1.82, 2.24) is 5.32 Å². The van der Waals surface area contributed by atoms with Gasteiger partial charge in [0.15, 0.2) is 0 Å². The molecule has 0 aromatic heterocycles. The van der Waals surface area contributed by atoms with E-state index < -0.39 is 15.9 Å². The minimum Gasteiger partial charge on any atom is -0.349 e. The lowest BCUT2D eigenvalue weighted by atomic mass is 10.2. The number of carbonyl (C=O) groups excluding carboxylic acids is 1. The molecule has 0 fully saturated rings. The van der Waals surface area contributed by atoms with E-state index >= 15 is 0 Å². The molecule has 0 spiro atoms. The maximum absolute atomic E-state index is 13.1. The molecule has 0 bridgehead atoms. The normalized spacial score (nSPS) is 11.0. The van der Waals surface area contributed by atoms with Gasteiger partial charge in [-0.25, -0.2) is 8.42 Å². The number of carbonyl (C=O) groups is 1. The smallest absolute Gasteiger partial charge is 0.265 e. The summed E-state index contributed by atoms with van der Waals surface area (Å²) in [5.41, 5.74) is 0.527. The van der Waals surface area contributed by atoms with Crippen molar-refractivity contribution in [2.24, 2.45) is 0 Å². The number of nitrogens with one attached hydrogen (secondary N) is 1. The first-order valence-corrected chi connectivity index (χ1v) is 9.98. The van der Waals surface area contributed by atoms with Crippen molar-refractivity contribution in [3.05, 3.63) is 70.7 Å². The van der Waals surface area contributed by atoms with E-state index in [1.807, 2.05) is 0 Å². The molecule has 5 nitrogen and oxygen atoms in total. The van der Waals surface area contributed by atoms with E-state index in [9.17, 15) is 13.2 Å². The molecular weight excluding hydrogens is 395 g/mol. The van der Waals surface area contributed by atoms with Crippen LogP contribution in [-0.4, -0.2) is 27.4 Å². The van der Waals surface area contributed by atoms with Gasteiger partial charge in [0.2, 0.25) is 0 Å². The second-order valence-corrected chi connectivity index (χ2v) is 7.91. The average Bonchev–Trinajstić information content (AvgIpc) is 2.60. The summed E-state index contributed by atoms with van der Waals surface area (Å²) in [5, 5.41) is 2.59. The predicted octanol–water partition coefficient (Wildman–Crippen LogP) is 4.12. The lowest BCUT2D eigenvalue weighted by Crippen LogP contribution is -2.31.